The van der Waals surface area contributed by atoms with Gasteiger partial charge in [0, 0.05) is 31.2 Å². The molecule has 1 fully saturated rings. The second-order valence-corrected chi connectivity index (χ2v) is 7.33. The van der Waals surface area contributed by atoms with Gasteiger partial charge in [-0.25, -0.2) is 0 Å². The average Bonchev–Trinajstić information content (AvgIpc) is 2.36. The molecule has 2 nitrogen and oxygen atoms in total. The number of nitrogens with one attached hydrogen (secondary N) is 1. The molecule has 1 aliphatic heterocycles. The summed E-state index contributed by atoms with van der Waals surface area (Å²) in [4.78, 5) is 2.65. The van der Waals surface area contributed by atoms with Gasteiger partial charge < -0.3 is 5.32 Å². The van der Waals surface area contributed by atoms with Gasteiger partial charge in [0.25, 0.3) is 0 Å². The van der Waals surface area contributed by atoms with Crippen LogP contribution in [0, 0.1) is 12.8 Å². The average molecular weight is 274 g/mol. The number of hydrogen-bond donors (Lipinski definition) is 1. The van der Waals surface area contributed by atoms with Crippen molar-refractivity contribution in [3.8, 4) is 0 Å². The van der Waals surface area contributed by atoms with E-state index in [0.717, 1.165) is 25.6 Å². The quantitative estimate of drug-likeness (QED) is 0.902. The Bertz CT molecular complexity index is 437. The fourth-order valence-corrected chi connectivity index (χ4v) is 3.08. The maximum absolute atomic E-state index is 3.73. The number of piperazine rings is 1. The summed E-state index contributed by atoms with van der Waals surface area (Å²) in [6.07, 6.45) is 1.26. The summed E-state index contributed by atoms with van der Waals surface area (Å²) in [6.45, 7) is 14.8. The highest BCUT2D eigenvalue weighted by atomic mass is 15.3. The van der Waals surface area contributed by atoms with Crippen molar-refractivity contribution in [2.75, 3.05) is 13.1 Å². The fourth-order valence-electron chi connectivity index (χ4n) is 3.08. The van der Waals surface area contributed by atoms with Crippen molar-refractivity contribution in [1.29, 1.82) is 0 Å². The maximum Gasteiger partial charge on any atom is 0.0281 e. The summed E-state index contributed by atoms with van der Waals surface area (Å²) < 4.78 is 0. The lowest BCUT2D eigenvalue weighted by Crippen LogP contribution is -2.61. The zero-order valence-corrected chi connectivity index (χ0v) is 13.7. The molecule has 2 rings (SSSR count). The second-order valence-electron chi connectivity index (χ2n) is 7.33. The summed E-state index contributed by atoms with van der Waals surface area (Å²) in [6, 6.07) is 9.40. The van der Waals surface area contributed by atoms with Crippen LogP contribution in [0.1, 0.15) is 45.2 Å². The van der Waals surface area contributed by atoms with Crippen molar-refractivity contribution in [1.82, 2.24) is 10.2 Å². The van der Waals surface area contributed by atoms with Gasteiger partial charge in [-0.05, 0) is 44.2 Å². The lowest BCUT2D eigenvalue weighted by atomic mass is 9.92. The predicted molar refractivity (Wildman–Crippen MR) is 86.9 cm³/mol. The van der Waals surface area contributed by atoms with Crippen molar-refractivity contribution in [2.24, 2.45) is 5.92 Å². The predicted octanol–water partition coefficient (Wildman–Crippen LogP) is 3.59. The molecule has 0 spiro atoms. The molecule has 1 aromatic carbocycles. The van der Waals surface area contributed by atoms with E-state index < -0.39 is 0 Å². The van der Waals surface area contributed by atoms with E-state index in [1.807, 2.05) is 0 Å². The van der Waals surface area contributed by atoms with Crippen LogP contribution in [0.3, 0.4) is 0 Å². The van der Waals surface area contributed by atoms with Crippen LogP contribution in [0.25, 0.3) is 0 Å². The van der Waals surface area contributed by atoms with Gasteiger partial charge in [0.2, 0.25) is 0 Å². The van der Waals surface area contributed by atoms with Gasteiger partial charge in [0.05, 0.1) is 0 Å². The highest BCUT2D eigenvalue weighted by Crippen LogP contribution is 2.24. The lowest BCUT2D eigenvalue weighted by Gasteiger charge is -2.46. The normalized spacial score (nSPS) is 23.2. The molecule has 2 heteroatoms. The largest absolute Gasteiger partial charge is 0.311 e. The molecular weight excluding hydrogens is 244 g/mol. The molecule has 0 aromatic heterocycles. The monoisotopic (exact) mass is 274 g/mol. The first-order chi connectivity index (χ1) is 9.38. The standard InChI is InChI=1S/C18H30N2/c1-14(2)10-17-12-20(18(4,5)13-19-17)11-16-9-7-6-8-15(16)3/h6-9,14,17,19H,10-13H2,1-5H3. The van der Waals surface area contributed by atoms with Gasteiger partial charge in [-0.2, -0.15) is 0 Å². The molecule has 0 bridgehead atoms. The zero-order chi connectivity index (χ0) is 14.8. The van der Waals surface area contributed by atoms with E-state index in [9.17, 15) is 0 Å². The van der Waals surface area contributed by atoms with Crippen molar-refractivity contribution in [3.63, 3.8) is 0 Å². The summed E-state index contributed by atoms with van der Waals surface area (Å²) in [5, 5.41) is 3.73. The van der Waals surface area contributed by atoms with Gasteiger partial charge in [0.15, 0.2) is 0 Å². The van der Waals surface area contributed by atoms with Crippen LogP contribution in [-0.2, 0) is 6.54 Å². The van der Waals surface area contributed by atoms with Crippen LogP contribution in [0.5, 0.6) is 0 Å². The summed E-state index contributed by atoms with van der Waals surface area (Å²) in [7, 11) is 0. The Labute approximate surface area is 124 Å². The Morgan fingerprint density at radius 3 is 2.65 bits per heavy atom. The van der Waals surface area contributed by atoms with Crippen LogP contribution in [0.2, 0.25) is 0 Å². The minimum Gasteiger partial charge on any atom is -0.311 e. The van der Waals surface area contributed by atoms with E-state index in [0.29, 0.717) is 6.04 Å². The molecule has 20 heavy (non-hydrogen) atoms. The second kappa shape index (κ2) is 6.28. The molecule has 1 heterocycles. The van der Waals surface area contributed by atoms with E-state index in [-0.39, 0.29) is 5.54 Å². The van der Waals surface area contributed by atoms with E-state index in [4.69, 9.17) is 0 Å². The molecule has 112 valence electrons. The minimum atomic E-state index is 0.232. The van der Waals surface area contributed by atoms with E-state index in [1.165, 1.54) is 17.5 Å². The molecule has 1 unspecified atom stereocenters. The van der Waals surface area contributed by atoms with E-state index in [2.05, 4.69) is 69.1 Å². The van der Waals surface area contributed by atoms with Gasteiger partial charge in [-0.1, -0.05) is 38.1 Å². The molecule has 1 saturated heterocycles. The van der Waals surface area contributed by atoms with Crippen molar-refractivity contribution in [3.05, 3.63) is 35.4 Å². The van der Waals surface area contributed by atoms with Crippen LogP contribution < -0.4 is 5.32 Å². The van der Waals surface area contributed by atoms with Crippen molar-refractivity contribution < 1.29 is 0 Å². The van der Waals surface area contributed by atoms with E-state index in [1.54, 1.807) is 0 Å². The fraction of sp³-hybridized carbons (Fsp3) is 0.667. The number of nitrogens with zero attached hydrogens (tertiary/aromatic N) is 1. The van der Waals surface area contributed by atoms with Crippen molar-refractivity contribution in [2.45, 2.75) is 59.2 Å². The van der Waals surface area contributed by atoms with Gasteiger partial charge in [0.1, 0.15) is 0 Å². The Morgan fingerprint density at radius 2 is 2.00 bits per heavy atom. The van der Waals surface area contributed by atoms with Gasteiger partial charge in [-0.15, -0.1) is 0 Å². The SMILES string of the molecule is Cc1ccccc1CN1CC(CC(C)C)NCC1(C)C. The van der Waals surface area contributed by atoms with Gasteiger partial charge >= 0.3 is 0 Å². The third-order valence-electron chi connectivity index (χ3n) is 4.50. The molecule has 1 atom stereocenters. The molecule has 0 saturated carbocycles. The first kappa shape index (κ1) is 15.5. The third-order valence-corrected chi connectivity index (χ3v) is 4.50. The Kier molecular flexibility index (Phi) is 4.87. The Hall–Kier alpha value is -0.860. The summed E-state index contributed by atoms with van der Waals surface area (Å²) in [5.41, 5.74) is 3.10. The minimum absolute atomic E-state index is 0.232. The number of rotatable bonds is 4. The highest BCUT2D eigenvalue weighted by Gasteiger charge is 2.33. The van der Waals surface area contributed by atoms with E-state index >= 15 is 0 Å². The van der Waals surface area contributed by atoms with Crippen molar-refractivity contribution >= 4 is 0 Å². The Morgan fingerprint density at radius 1 is 1.30 bits per heavy atom. The number of benzene rings is 1. The Balaban J connectivity index is 2.08. The van der Waals surface area contributed by atoms with Crippen LogP contribution in [0.15, 0.2) is 24.3 Å². The summed E-state index contributed by atoms with van der Waals surface area (Å²) >= 11 is 0. The zero-order valence-electron chi connectivity index (χ0n) is 13.7. The topological polar surface area (TPSA) is 15.3 Å². The first-order valence-electron chi connectivity index (χ1n) is 7.91. The number of aryl methyl sites for hydroxylation is 1. The molecule has 1 aliphatic rings. The van der Waals surface area contributed by atoms with Crippen LogP contribution >= 0.6 is 0 Å². The van der Waals surface area contributed by atoms with Crippen LogP contribution in [-0.4, -0.2) is 29.6 Å². The number of hydrogen-bond acceptors (Lipinski definition) is 2. The molecular formula is C18H30N2. The maximum atomic E-state index is 3.73. The first-order valence-corrected chi connectivity index (χ1v) is 7.91. The highest BCUT2D eigenvalue weighted by molar-refractivity contribution is 5.25. The molecule has 1 aromatic rings. The van der Waals surface area contributed by atoms with Crippen LogP contribution in [0.4, 0.5) is 0 Å². The molecule has 1 N–H and O–H groups in total. The smallest absolute Gasteiger partial charge is 0.0281 e. The molecule has 0 radical (unpaired) electrons. The van der Waals surface area contributed by atoms with Gasteiger partial charge in [-0.3, -0.25) is 4.90 Å². The third kappa shape index (κ3) is 3.83. The molecule has 0 aliphatic carbocycles. The molecule has 0 amide bonds. The summed E-state index contributed by atoms with van der Waals surface area (Å²) in [5.74, 6) is 0.758. The lowest BCUT2D eigenvalue weighted by molar-refractivity contribution is 0.0534.